The fourth-order valence-electron chi connectivity index (χ4n) is 2.36. The lowest BCUT2D eigenvalue weighted by atomic mass is 10.0. The van der Waals surface area contributed by atoms with Gasteiger partial charge in [-0.2, -0.15) is 0 Å². The molecule has 0 radical (unpaired) electrons. The minimum atomic E-state index is -1.02. The number of carboxylic acid groups (broad SMARTS) is 1. The van der Waals surface area contributed by atoms with E-state index in [4.69, 9.17) is 14.6 Å². The summed E-state index contributed by atoms with van der Waals surface area (Å²) in [6.45, 7) is 4.41. The predicted octanol–water partition coefficient (Wildman–Crippen LogP) is 2.25. The van der Waals surface area contributed by atoms with Crippen LogP contribution in [0.3, 0.4) is 0 Å². The molecule has 1 fully saturated rings. The van der Waals surface area contributed by atoms with Gasteiger partial charge in [-0.15, -0.1) is 0 Å². The van der Waals surface area contributed by atoms with Gasteiger partial charge in [0.2, 0.25) is 0 Å². The fraction of sp³-hybridized carbons (Fsp3) is 0.571. The van der Waals surface area contributed by atoms with Crippen molar-refractivity contribution in [2.75, 3.05) is 0 Å². The van der Waals surface area contributed by atoms with Crippen LogP contribution in [0.15, 0.2) is 18.2 Å². The minimum Gasteiger partial charge on any atom is -0.477 e. The van der Waals surface area contributed by atoms with E-state index >= 15 is 0 Å². The molecule has 2 heterocycles. The largest absolute Gasteiger partial charge is 0.477 e. The Morgan fingerprint density at radius 1 is 1.42 bits per heavy atom. The number of ether oxygens (including phenoxy) is 2. The highest BCUT2D eigenvalue weighted by Crippen LogP contribution is 2.22. The van der Waals surface area contributed by atoms with E-state index in [1.807, 2.05) is 13.8 Å². The molecule has 1 aliphatic rings. The zero-order chi connectivity index (χ0) is 13.8. The first-order chi connectivity index (χ1) is 9.04. The molecule has 1 aromatic rings. The summed E-state index contributed by atoms with van der Waals surface area (Å²) >= 11 is 0. The van der Waals surface area contributed by atoms with Crippen LogP contribution in [0.25, 0.3) is 0 Å². The first kappa shape index (κ1) is 14.0. The molecule has 1 aromatic heterocycles. The predicted molar refractivity (Wildman–Crippen MR) is 69.0 cm³/mol. The molecule has 5 nitrogen and oxygen atoms in total. The summed E-state index contributed by atoms with van der Waals surface area (Å²) in [6, 6.07) is 4.94. The van der Waals surface area contributed by atoms with Crippen molar-refractivity contribution in [2.24, 2.45) is 0 Å². The number of hydrogen-bond donors (Lipinski definition) is 1. The number of carbonyl (C=O) groups is 1. The van der Waals surface area contributed by atoms with Crippen LogP contribution in [-0.4, -0.2) is 34.4 Å². The monoisotopic (exact) mass is 265 g/mol. The summed E-state index contributed by atoms with van der Waals surface area (Å²) in [4.78, 5) is 14.9. The zero-order valence-corrected chi connectivity index (χ0v) is 11.2. The maximum absolute atomic E-state index is 10.8. The molecule has 2 atom stereocenters. The number of hydrogen-bond acceptors (Lipinski definition) is 4. The second-order valence-electron chi connectivity index (χ2n) is 4.98. The molecular weight excluding hydrogens is 246 g/mol. The highest BCUT2D eigenvalue weighted by molar-refractivity contribution is 5.85. The van der Waals surface area contributed by atoms with Gasteiger partial charge in [-0.1, -0.05) is 6.07 Å². The third-order valence-electron chi connectivity index (χ3n) is 3.15. The molecule has 1 saturated heterocycles. The van der Waals surface area contributed by atoms with Crippen LogP contribution >= 0.6 is 0 Å². The van der Waals surface area contributed by atoms with Crippen molar-refractivity contribution in [3.05, 3.63) is 29.6 Å². The van der Waals surface area contributed by atoms with Crippen molar-refractivity contribution in [3.63, 3.8) is 0 Å². The Morgan fingerprint density at radius 3 is 2.74 bits per heavy atom. The van der Waals surface area contributed by atoms with E-state index in [-0.39, 0.29) is 24.0 Å². The smallest absolute Gasteiger partial charge is 0.354 e. The van der Waals surface area contributed by atoms with E-state index in [9.17, 15) is 4.79 Å². The maximum Gasteiger partial charge on any atom is 0.354 e. The van der Waals surface area contributed by atoms with Crippen molar-refractivity contribution < 1.29 is 19.4 Å². The molecule has 0 bridgehead atoms. The third kappa shape index (κ3) is 4.01. The van der Waals surface area contributed by atoms with E-state index < -0.39 is 5.97 Å². The highest BCUT2D eigenvalue weighted by Gasteiger charge is 2.25. The standard InChI is InChI=1S/C14H19NO4/c1-9-6-12(7-10(2)19-9)18-8-11-4-3-5-13(15-11)14(16)17/h3-5,9-10,12H,6-8H2,1-2H3,(H,16,17). The fourth-order valence-corrected chi connectivity index (χ4v) is 2.36. The van der Waals surface area contributed by atoms with Gasteiger partial charge in [0, 0.05) is 0 Å². The van der Waals surface area contributed by atoms with Crippen LogP contribution in [0.5, 0.6) is 0 Å². The van der Waals surface area contributed by atoms with Crippen LogP contribution in [0.4, 0.5) is 0 Å². The maximum atomic E-state index is 10.8. The first-order valence-electron chi connectivity index (χ1n) is 6.51. The van der Waals surface area contributed by atoms with Gasteiger partial charge in [0.05, 0.1) is 30.6 Å². The average molecular weight is 265 g/mol. The van der Waals surface area contributed by atoms with E-state index in [1.54, 1.807) is 12.1 Å². The summed E-state index contributed by atoms with van der Waals surface area (Å²) < 4.78 is 11.5. The van der Waals surface area contributed by atoms with Gasteiger partial charge in [-0.05, 0) is 38.8 Å². The Bertz CT molecular complexity index is 439. The molecule has 0 aliphatic carbocycles. The SMILES string of the molecule is CC1CC(OCc2cccc(C(=O)O)n2)CC(C)O1. The molecule has 1 N–H and O–H groups in total. The number of rotatable bonds is 4. The molecule has 2 unspecified atom stereocenters. The molecule has 0 spiro atoms. The number of nitrogens with zero attached hydrogens (tertiary/aromatic N) is 1. The lowest BCUT2D eigenvalue weighted by Crippen LogP contribution is -2.34. The third-order valence-corrected chi connectivity index (χ3v) is 3.15. The zero-order valence-electron chi connectivity index (χ0n) is 11.2. The van der Waals surface area contributed by atoms with Crippen molar-refractivity contribution in [2.45, 2.75) is 51.6 Å². The lowest BCUT2D eigenvalue weighted by molar-refractivity contribution is -0.106. The summed E-state index contributed by atoms with van der Waals surface area (Å²) in [5.41, 5.74) is 0.696. The Kier molecular flexibility index (Phi) is 4.50. The van der Waals surface area contributed by atoms with Gasteiger partial charge >= 0.3 is 5.97 Å². The van der Waals surface area contributed by atoms with Crippen LogP contribution in [0.2, 0.25) is 0 Å². The van der Waals surface area contributed by atoms with E-state index in [0.717, 1.165) is 12.8 Å². The Morgan fingerprint density at radius 2 is 2.11 bits per heavy atom. The number of carboxylic acids is 1. The molecule has 19 heavy (non-hydrogen) atoms. The summed E-state index contributed by atoms with van der Waals surface area (Å²) in [5, 5.41) is 8.88. The quantitative estimate of drug-likeness (QED) is 0.904. The second kappa shape index (κ2) is 6.12. The van der Waals surface area contributed by atoms with Gasteiger partial charge in [-0.25, -0.2) is 9.78 Å². The Hall–Kier alpha value is -1.46. The number of aromatic carboxylic acids is 1. The van der Waals surface area contributed by atoms with Crippen LogP contribution in [-0.2, 0) is 16.1 Å². The van der Waals surface area contributed by atoms with E-state index in [0.29, 0.717) is 12.3 Å². The van der Waals surface area contributed by atoms with Gasteiger partial charge < -0.3 is 14.6 Å². The van der Waals surface area contributed by atoms with Crippen LogP contribution < -0.4 is 0 Å². The molecule has 0 amide bonds. The van der Waals surface area contributed by atoms with Crippen molar-refractivity contribution >= 4 is 5.97 Å². The van der Waals surface area contributed by atoms with Crippen LogP contribution in [0.1, 0.15) is 42.9 Å². The van der Waals surface area contributed by atoms with Crippen molar-refractivity contribution in [3.8, 4) is 0 Å². The van der Waals surface area contributed by atoms with Gasteiger partial charge in [0.1, 0.15) is 5.69 Å². The first-order valence-corrected chi connectivity index (χ1v) is 6.51. The lowest BCUT2D eigenvalue weighted by Gasteiger charge is -2.31. The van der Waals surface area contributed by atoms with Gasteiger partial charge in [0.25, 0.3) is 0 Å². The summed E-state index contributed by atoms with van der Waals surface area (Å²) in [5.74, 6) is -1.02. The topological polar surface area (TPSA) is 68.7 Å². The molecular formula is C14H19NO4. The highest BCUT2D eigenvalue weighted by atomic mass is 16.5. The molecule has 5 heteroatoms. The Labute approximate surface area is 112 Å². The molecule has 2 rings (SSSR count). The average Bonchev–Trinajstić information content (AvgIpc) is 2.35. The molecule has 0 saturated carbocycles. The van der Waals surface area contributed by atoms with Crippen LogP contribution in [0, 0.1) is 0 Å². The van der Waals surface area contributed by atoms with Gasteiger partial charge in [-0.3, -0.25) is 0 Å². The number of aromatic nitrogens is 1. The van der Waals surface area contributed by atoms with E-state index in [2.05, 4.69) is 4.98 Å². The van der Waals surface area contributed by atoms with Crippen molar-refractivity contribution in [1.29, 1.82) is 0 Å². The molecule has 104 valence electrons. The molecule has 1 aliphatic heterocycles. The van der Waals surface area contributed by atoms with E-state index in [1.165, 1.54) is 6.07 Å². The molecule has 0 aromatic carbocycles. The summed E-state index contributed by atoms with van der Waals surface area (Å²) in [6.07, 6.45) is 2.28. The Balaban J connectivity index is 1.91. The number of pyridine rings is 1. The minimum absolute atomic E-state index is 0.0508. The normalized spacial score (nSPS) is 27.2. The van der Waals surface area contributed by atoms with Gasteiger partial charge in [0.15, 0.2) is 0 Å². The second-order valence-corrected chi connectivity index (χ2v) is 4.98. The summed E-state index contributed by atoms with van der Waals surface area (Å²) in [7, 11) is 0. The van der Waals surface area contributed by atoms with Crippen molar-refractivity contribution in [1.82, 2.24) is 4.98 Å².